The fourth-order valence-electron chi connectivity index (χ4n) is 4.69. The van der Waals surface area contributed by atoms with Crippen LogP contribution in [0.2, 0.25) is 0 Å². The van der Waals surface area contributed by atoms with Crippen LogP contribution in [0, 0.1) is 0 Å². The molecule has 9 nitrogen and oxygen atoms in total. The minimum absolute atomic E-state index is 0.0561. The van der Waals surface area contributed by atoms with Gasteiger partial charge in [-0.05, 0) is 36.1 Å². The van der Waals surface area contributed by atoms with Gasteiger partial charge >= 0.3 is 6.36 Å². The molecule has 4 aromatic rings. The Labute approximate surface area is 216 Å². The molecule has 0 radical (unpaired) electrons. The summed E-state index contributed by atoms with van der Waals surface area (Å²) in [4.78, 5) is 25.0. The lowest BCUT2D eigenvalue weighted by atomic mass is 10.1. The van der Waals surface area contributed by atoms with Crippen molar-refractivity contribution in [3.63, 3.8) is 0 Å². The molecule has 0 aliphatic carbocycles. The molecule has 1 unspecified atom stereocenters. The average Bonchev–Trinajstić information content (AvgIpc) is 3.23. The quantitative estimate of drug-likeness (QED) is 0.379. The summed E-state index contributed by atoms with van der Waals surface area (Å²) in [6.45, 7) is 1.79. The number of nitrogens with two attached hydrogens (primary N) is 1. The minimum Gasteiger partial charge on any atom is -0.406 e. The van der Waals surface area contributed by atoms with E-state index in [2.05, 4.69) is 15.0 Å². The molecule has 200 valence electrons. The van der Waals surface area contributed by atoms with Gasteiger partial charge in [0.2, 0.25) is 11.9 Å². The van der Waals surface area contributed by atoms with Crippen LogP contribution in [0.15, 0.2) is 59.4 Å². The van der Waals surface area contributed by atoms with Crippen molar-refractivity contribution in [1.82, 2.24) is 19.1 Å². The Morgan fingerprint density at radius 3 is 2.61 bits per heavy atom. The Hall–Kier alpha value is -4.06. The normalized spacial score (nSPS) is 16.1. The number of fused-ring (bicyclic) bond motifs is 1. The summed E-state index contributed by atoms with van der Waals surface area (Å²) in [5.74, 6) is 0.528. The second-order valence-electron chi connectivity index (χ2n) is 9.35. The van der Waals surface area contributed by atoms with Crippen molar-refractivity contribution >= 4 is 23.1 Å². The maximum Gasteiger partial charge on any atom is 0.573 e. The van der Waals surface area contributed by atoms with Crippen molar-refractivity contribution in [3.05, 3.63) is 76.1 Å². The summed E-state index contributed by atoms with van der Waals surface area (Å²) >= 11 is 0. The summed E-state index contributed by atoms with van der Waals surface area (Å²) in [5, 5.41) is 3.20. The van der Waals surface area contributed by atoms with Gasteiger partial charge in [-0.3, -0.25) is 13.9 Å². The predicted molar refractivity (Wildman–Crippen MR) is 138 cm³/mol. The van der Waals surface area contributed by atoms with Gasteiger partial charge in [0.15, 0.2) is 11.2 Å². The molecular weight excluding hydrogens is 499 g/mol. The molecule has 38 heavy (non-hydrogen) atoms. The first-order valence-electron chi connectivity index (χ1n) is 12.3. The van der Waals surface area contributed by atoms with E-state index < -0.39 is 6.36 Å². The van der Waals surface area contributed by atoms with Crippen LogP contribution in [0.1, 0.15) is 24.0 Å². The molecule has 0 saturated carbocycles. The maximum absolute atomic E-state index is 13.6. The van der Waals surface area contributed by atoms with Crippen LogP contribution >= 0.6 is 0 Å². The van der Waals surface area contributed by atoms with Gasteiger partial charge in [-0.1, -0.05) is 42.5 Å². The SMILES string of the molecule is Cn1c(NCc2ccccc2)nc2nc(N3CCCC(N)C3)n(Cc3cccc(OC(F)(F)F)c3)c2c1=O. The zero-order valence-corrected chi connectivity index (χ0v) is 20.8. The molecule has 0 bridgehead atoms. The highest BCUT2D eigenvalue weighted by Crippen LogP contribution is 2.27. The standard InChI is InChI=1S/C26H28F3N7O2/c1-34-23(37)21-22(32-24(34)31-14-17-7-3-2-4-8-17)33-25(35-12-6-10-19(30)16-35)36(21)15-18-9-5-11-20(13-18)38-26(27,28)29/h2-5,7-9,11,13,19H,6,10,12,14-16,30H2,1H3,(H,31,32). The summed E-state index contributed by atoms with van der Waals surface area (Å²) in [6.07, 6.45) is -3.08. The fraction of sp³-hybridized carbons (Fsp3) is 0.346. The smallest absolute Gasteiger partial charge is 0.406 e. The van der Waals surface area contributed by atoms with Gasteiger partial charge in [-0.2, -0.15) is 9.97 Å². The predicted octanol–water partition coefficient (Wildman–Crippen LogP) is 3.62. The van der Waals surface area contributed by atoms with Crippen LogP contribution in [0.25, 0.3) is 11.2 Å². The number of nitrogens with one attached hydrogen (secondary N) is 1. The largest absolute Gasteiger partial charge is 0.573 e. The highest BCUT2D eigenvalue weighted by atomic mass is 19.4. The van der Waals surface area contributed by atoms with E-state index in [0.29, 0.717) is 37.1 Å². The first kappa shape index (κ1) is 25.6. The van der Waals surface area contributed by atoms with Gasteiger partial charge < -0.3 is 20.7 Å². The van der Waals surface area contributed by atoms with E-state index in [1.807, 2.05) is 35.2 Å². The third-order valence-corrected chi connectivity index (χ3v) is 6.47. The average molecular weight is 528 g/mol. The van der Waals surface area contributed by atoms with Crippen LogP contribution in [-0.2, 0) is 20.1 Å². The number of alkyl halides is 3. The third kappa shape index (κ3) is 5.59. The zero-order valence-electron chi connectivity index (χ0n) is 20.8. The Kier molecular flexibility index (Phi) is 6.98. The molecule has 1 atom stereocenters. The van der Waals surface area contributed by atoms with Gasteiger partial charge in [0.05, 0.1) is 6.54 Å². The van der Waals surface area contributed by atoms with Crippen LogP contribution in [0.3, 0.4) is 0 Å². The Balaban J connectivity index is 1.56. The summed E-state index contributed by atoms with van der Waals surface area (Å²) in [7, 11) is 1.62. The third-order valence-electron chi connectivity index (χ3n) is 6.47. The molecule has 0 amide bonds. The Morgan fingerprint density at radius 2 is 1.87 bits per heavy atom. The van der Waals surface area contributed by atoms with Gasteiger partial charge in [-0.25, -0.2) is 0 Å². The number of rotatable bonds is 7. The Bertz CT molecular complexity index is 1480. The number of piperidine rings is 1. The van der Waals surface area contributed by atoms with E-state index in [4.69, 9.17) is 10.7 Å². The van der Waals surface area contributed by atoms with E-state index >= 15 is 0 Å². The highest BCUT2D eigenvalue weighted by Gasteiger charge is 2.31. The van der Waals surface area contributed by atoms with Crippen molar-refractivity contribution in [2.24, 2.45) is 12.8 Å². The maximum atomic E-state index is 13.6. The van der Waals surface area contributed by atoms with E-state index in [9.17, 15) is 18.0 Å². The molecule has 12 heteroatoms. The van der Waals surface area contributed by atoms with Gasteiger partial charge in [-0.15, -0.1) is 13.2 Å². The van der Waals surface area contributed by atoms with Gasteiger partial charge in [0.25, 0.3) is 5.56 Å². The molecule has 1 aliphatic heterocycles. The highest BCUT2D eigenvalue weighted by molar-refractivity contribution is 5.76. The number of nitrogens with zero attached hydrogens (tertiary/aromatic N) is 5. The molecule has 2 aromatic heterocycles. The Morgan fingerprint density at radius 1 is 1.11 bits per heavy atom. The topological polar surface area (TPSA) is 103 Å². The number of anilines is 2. The number of imidazole rings is 1. The van der Waals surface area contributed by atoms with Gasteiger partial charge in [0.1, 0.15) is 5.75 Å². The first-order valence-corrected chi connectivity index (χ1v) is 12.3. The zero-order chi connectivity index (χ0) is 26.9. The molecule has 5 rings (SSSR count). The number of benzene rings is 2. The fourth-order valence-corrected chi connectivity index (χ4v) is 4.69. The van der Waals surface area contributed by atoms with Crippen molar-refractivity contribution < 1.29 is 17.9 Å². The van der Waals surface area contributed by atoms with Crippen molar-refractivity contribution in [1.29, 1.82) is 0 Å². The molecule has 3 N–H and O–H groups in total. The lowest BCUT2D eigenvalue weighted by molar-refractivity contribution is -0.274. The van der Waals surface area contributed by atoms with E-state index in [-0.39, 0.29) is 35.1 Å². The molecule has 0 spiro atoms. The lowest BCUT2D eigenvalue weighted by Gasteiger charge is -2.31. The minimum atomic E-state index is -4.81. The van der Waals surface area contributed by atoms with E-state index in [1.54, 1.807) is 17.7 Å². The molecule has 1 fully saturated rings. The number of ether oxygens (including phenoxy) is 1. The molecular formula is C26H28F3N7O2. The van der Waals surface area contributed by atoms with Crippen LogP contribution < -0.4 is 26.2 Å². The van der Waals surface area contributed by atoms with Crippen LogP contribution in [-0.4, -0.2) is 44.6 Å². The number of halogens is 3. The number of hydrogen-bond donors (Lipinski definition) is 2. The summed E-state index contributed by atoms with van der Waals surface area (Å²) < 4.78 is 45.6. The lowest BCUT2D eigenvalue weighted by Crippen LogP contribution is -2.44. The molecule has 2 aromatic carbocycles. The van der Waals surface area contributed by atoms with E-state index in [0.717, 1.165) is 18.4 Å². The van der Waals surface area contributed by atoms with E-state index in [1.165, 1.54) is 22.8 Å². The summed E-state index contributed by atoms with van der Waals surface area (Å²) in [6, 6.07) is 15.4. The first-order chi connectivity index (χ1) is 18.2. The van der Waals surface area contributed by atoms with Crippen molar-refractivity contribution in [3.8, 4) is 5.75 Å². The second-order valence-corrected chi connectivity index (χ2v) is 9.35. The van der Waals surface area contributed by atoms with Crippen molar-refractivity contribution in [2.75, 3.05) is 23.3 Å². The monoisotopic (exact) mass is 527 g/mol. The van der Waals surface area contributed by atoms with Gasteiger partial charge in [0, 0.05) is 32.7 Å². The summed E-state index contributed by atoms with van der Waals surface area (Å²) in [5.41, 5.74) is 7.94. The number of aromatic nitrogens is 4. The van der Waals surface area contributed by atoms with Crippen LogP contribution in [0.4, 0.5) is 25.1 Å². The molecule has 3 heterocycles. The van der Waals surface area contributed by atoms with Crippen LogP contribution in [0.5, 0.6) is 5.75 Å². The number of hydrogen-bond acceptors (Lipinski definition) is 7. The van der Waals surface area contributed by atoms with Crippen molar-refractivity contribution in [2.45, 2.75) is 38.3 Å². The second kappa shape index (κ2) is 10.4. The molecule has 1 aliphatic rings. The molecule has 1 saturated heterocycles.